The van der Waals surface area contributed by atoms with Crippen molar-refractivity contribution in [2.24, 2.45) is 5.92 Å². The van der Waals surface area contributed by atoms with Crippen molar-refractivity contribution in [1.29, 1.82) is 0 Å². The molecule has 1 N–H and O–H groups in total. The lowest BCUT2D eigenvalue weighted by molar-refractivity contribution is -0.129. The second-order valence-electron chi connectivity index (χ2n) is 5.96. The molecule has 128 valence electrons. The maximum absolute atomic E-state index is 12.5. The Kier molecular flexibility index (Phi) is 6.09. The minimum atomic E-state index is -0.845. The molecule has 24 heavy (non-hydrogen) atoms. The summed E-state index contributed by atoms with van der Waals surface area (Å²) in [6.45, 7) is 7.97. The van der Waals surface area contributed by atoms with E-state index in [1.807, 2.05) is 51.1 Å². The highest BCUT2D eigenvalue weighted by molar-refractivity contribution is 7.14. The second-order valence-corrected chi connectivity index (χ2v) is 7.17. The summed E-state index contributed by atoms with van der Waals surface area (Å²) < 4.78 is 5.33. The van der Waals surface area contributed by atoms with Crippen molar-refractivity contribution in [2.75, 3.05) is 6.54 Å². The van der Waals surface area contributed by atoms with Gasteiger partial charge in [-0.15, -0.1) is 11.3 Å². The Balaban J connectivity index is 2.12. The Morgan fingerprint density at radius 3 is 2.50 bits per heavy atom. The number of thiazole rings is 1. The summed E-state index contributed by atoms with van der Waals surface area (Å²) in [5.74, 6) is -0.475. The second kappa shape index (κ2) is 8.06. The molecule has 0 saturated carbocycles. The molecule has 6 heteroatoms. The Morgan fingerprint density at radius 2 is 1.88 bits per heavy atom. The SMILES string of the molecule is Cc1nc(-c2ccccc2)c(C(=O)O[C@@H](C)C(=O)NCC(C)C)s1. The minimum absolute atomic E-state index is 0.292. The first kappa shape index (κ1) is 18.1. The van der Waals surface area contributed by atoms with Crippen molar-refractivity contribution in [2.45, 2.75) is 33.8 Å². The largest absolute Gasteiger partial charge is 0.448 e. The van der Waals surface area contributed by atoms with Gasteiger partial charge in [0, 0.05) is 12.1 Å². The Morgan fingerprint density at radius 1 is 1.21 bits per heavy atom. The van der Waals surface area contributed by atoms with E-state index in [4.69, 9.17) is 4.74 Å². The molecule has 1 aromatic carbocycles. The number of hydrogen-bond acceptors (Lipinski definition) is 5. The summed E-state index contributed by atoms with van der Waals surface area (Å²) in [5.41, 5.74) is 1.45. The number of rotatable bonds is 6. The van der Waals surface area contributed by atoms with Gasteiger partial charge in [-0.1, -0.05) is 44.2 Å². The maximum Gasteiger partial charge on any atom is 0.351 e. The lowest BCUT2D eigenvalue weighted by Gasteiger charge is -2.14. The molecule has 0 aliphatic carbocycles. The van der Waals surface area contributed by atoms with Crippen LogP contribution in [0.4, 0.5) is 0 Å². The highest BCUT2D eigenvalue weighted by Crippen LogP contribution is 2.28. The molecule has 0 bridgehead atoms. The molecule has 1 amide bonds. The quantitative estimate of drug-likeness (QED) is 0.814. The first-order valence-electron chi connectivity index (χ1n) is 7.90. The number of nitrogens with zero attached hydrogens (tertiary/aromatic N) is 1. The first-order chi connectivity index (χ1) is 11.4. The minimum Gasteiger partial charge on any atom is -0.448 e. The number of ether oxygens (including phenoxy) is 1. The standard InChI is InChI=1S/C18H22N2O3S/c1-11(2)10-19-17(21)12(3)23-18(22)16-15(20-13(4)24-16)14-8-6-5-7-9-14/h5-9,11-12H,10H2,1-4H3,(H,19,21)/t12-/m0/s1. The number of benzene rings is 1. The third kappa shape index (κ3) is 4.64. The van der Waals surface area contributed by atoms with Crippen LogP contribution in [0.25, 0.3) is 11.3 Å². The average molecular weight is 346 g/mol. The fraction of sp³-hybridized carbons (Fsp3) is 0.389. The van der Waals surface area contributed by atoms with Gasteiger partial charge < -0.3 is 10.1 Å². The molecule has 2 aromatic rings. The van der Waals surface area contributed by atoms with Gasteiger partial charge in [0.15, 0.2) is 6.10 Å². The number of esters is 1. The molecule has 0 unspecified atom stereocenters. The Bertz CT molecular complexity index is 710. The summed E-state index contributed by atoms with van der Waals surface area (Å²) in [4.78, 5) is 29.3. The molecule has 0 fully saturated rings. The van der Waals surface area contributed by atoms with E-state index in [-0.39, 0.29) is 5.91 Å². The van der Waals surface area contributed by atoms with E-state index in [0.29, 0.717) is 23.0 Å². The smallest absolute Gasteiger partial charge is 0.351 e. The van der Waals surface area contributed by atoms with Gasteiger partial charge in [-0.25, -0.2) is 9.78 Å². The molecular formula is C18H22N2O3S. The van der Waals surface area contributed by atoms with Gasteiger partial charge in [0.2, 0.25) is 0 Å². The van der Waals surface area contributed by atoms with E-state index in [9.17, 15) is 9.59 Å². The lowest BCUT2D eigenvalue weighted by Crippen LogP contribution is -2.37. The topological polar surface area (TPSA) is 68.3 Å². The molecule has 1 aromatic heterocycles. The molecule has 5 nitrogen and oxygen atoms in total. The van der Waals surface area contributed by atoms with Gasteiger partial charge in [0.25, 0.3) is 5.91 Å². The maximum atomic E-state index is 12.5. The van der Waals surface area contributed by atoms with E-state index < -0.39 is 12.1 Å². The van der Waals surface area contributed by atoms with Gasteiger partial charge in [0.1, 0.15) is 4.88 Å². The van der Waals surface area contributed by atoms with E-state index in [2.05, 4.69) is 10.3 Å². The summed E-state index contributed by atoms with van der Waals surface area (Å²) in [6, 6.07) is 9.47. The van der Waals surface area contributed by atoms with Crippen molar-refractivity contribution in [3.05, 3.63) is 40.2 Å². The predicted molar refractivity (Wildman–Crippen MR) is 95.0 cm³/mol. The molecule has 0 aliphatic heterocycles. The molecule has 0 aliphatic rings. The van der Waals surface area contributed by atoms with Crippen LogP contribution in [0, 0.1) is 12.8 Å². The Hall–Kier alpha value is -2.21. The zero-order chi connectivity index (χ0) is 17.7. The lowest BCUT2D eigenvalue weighted by atomic mass is 10.1. The van der Waals surface area contributed by atoms with Crippen LogP contribution in [0.5, 0.6) is 0 Å². The molecule has 0 saturated heterocycles. The normalized spacial score (nSPS) is 12.0. The number of hydrogen-bond donors (Lipinski definition) is 1. The molecular weight excluding hydrogens is 324 g/mol. The summed E-state index contributed by atoms with van der Waals surface area (Å²) >= 11 is 1.27. The van der Waals surface area contributed by atoms with Crippen LogP contribution in [-0.4, -0.2) is 29.5 Å². The molecule has 0 spiro atoms. The number of aryl methyl sites for hydroxylation is 1. The average Bonchev–Trinajstić information content (AvgIpc) is 2.95. The number of carbonyl (C=O) groups is 2. The Labute approximate surface area is 146 Å². The van der Waals surface area contributed by atoms with Crippen LogP contribution in [0.1, 0.15) is 35.5 Å². The van der Waals surface area contributed by atoms with Crippen LogP contribution < -0.4 is 5.32 Å². The van der Waals surface area contributed by atoms with Gasteiger partial charge >= 0.3 is 5.97 Å². The zero-order valence-electron chi connectivity index (χ0n) is 14.3. The highest BCUT2D eigenvalue weighted by Gasteiger charge is 2.24. The van der Waals surface area contributed by atoms with E-state index in [0.717, 1.165) is 10.6 Å². The van der Waals surface area contributed by atoms with Crippen molar-refractivity contribution >= 4 is 23.2 Å². The zero-order valence-corrected chi connectivity index (χ0v) is 15.1. The van der Waals surface area contributed by atoms with Crippen LogP contribution in [0.3, 0.4) is 0 Å². The highest BCUT2D eigenvalue weighted by atomic mass is 32.1. The third-order valence-corrected chi connectivity index (χ3v) is 4.26. The van der Waals surface area contributed by atoms with Crippen molar-refractivity contribution < 1.29 is 14.3 Å². The first-order valence-corrected chi connectivity index (χ1v) is 8.71. The summed E-state index contributed by atoms with van der Waals surface area (Å²) in [7, 11) is 0. The number of aromatic nitrogens is 1. The van der Waals surface area contributed by atoms with Crippen molar-refractivity contribution in [3.8, 4) is 11.3 Å². The van der Waals surface area contributed by atoms with Crippen molar-refractivity contribution in [1.82, 2.24) is 10.3 Å². The van der Waals surface area contributed by atoms with E-state index in [1.165, 1.54) is 11.3 Å². The molecule has 2 rings (SSSR count). The predicted octanol–water partition coefficient (Wildman–Crippen LogP) is 3.44. The molecule has 1 atom stereocenters. The third-order valence-electron chi connectivity index (χ3n) is 3.30. The fourth-order valence-electron chi connectivity index (χ4n) is 2.07. The van der Waals surface area contributed by atoms with Gasteiger partial charge in [-0.3, -0.25) is 4.79 Å². The van der Waals surface area contributed by atoms with Gasteiger partial charge in [-0.2, -0.15) is 0 Å². The fourth-order valence-corrected chi connectivity index (χ4v) is 2.90. The van der Waals surface area contributed by atoms with E-state index in [1.54, 1.807) is 6.92 Å². The van der Waals surface area contributed by atoms with Crippen LogP contribution >= 0.6 is 11.3 Å². The van der Waals surface area contributed by atoms with Crippen LogP contribution in [0.2, 0.25) is 0 Å². The molecule has 1 heterocycles. The van der Waals surface area contributed by atoms with Gasteiger partial charge in [0.05, 0.1) is 10.7 Å². The summed E-state index contributed by atoms with van der Waals surface area (Å²) in [5, 5.41) is 3.54. The summed E-state index contributed by atoms with van der Waals surface area (Å²) in [6.07, 6.45) is -0.845. The van der Waals surface area contributed by atoms with Gasteiger partial charge in [-0.05, 0) is 19.8 Å². The number of amides is 1. The number of carbonyl (C=O) groups excluding carboxylic acids is 2. The van der Waals surface area contributed by atoms with E-state index >= 15 is 0 Å². The van der Waals surface area contributed by atoms with Crippen molar-refractivity contribution in [3.63, 3.8) is 0 Å². The molecule has 0 radical (unpaired) electrons. The van der Waals surface area contributed by atoms with Crippen LogP contribution in [0.15, 0.2) is 30.3 Å². The number of nitrogens with one attached hydrogen (secondary N) is 1. The monoisotopic (exact) mass is 346 g/mol. The van der Waals surface area contributed by atoms with Crippen LogP contribution in [-0.2, 0) is 9.53 Å².